The largest absolute Gasteiger partial charge is 0.475 e. The molecule has 0 amide bonds. The maximum Gasteiger partial charge on any atom is 0.226 e. The average molecular weight is 423 g/mol. The number of pyridine rings is 1. The molecule has 0 saturated heterocycles. The van der Waals surface area contributed by atoms with E-state index in [1.54, 1.807) is 12.4 Å². The van der Waals surface area contributed by atoms with Crippen LogP contribution in [-0.2, 0) is 12.8 Å². The molecule has 1 unspecified atom stereocenters. The van der Waals surface area contributed by atoms with Crippen molar-refractivity contribution in [2.45, 2.75) is 70.3 Å². The number of fused-ring (bicyclic) bond motifs is 3. The number of thiophene rings is 1. The highest BCUT2D eigenvalue weighted by Crippen LogP contribution is 2.40. The van der Waals surface area contributed by atoms with Crippen LogP contribution in [0.5, 0.6) is 5.88 Å². The summed E-state index contributed by atoms with van der Waals surface area (Å²) in [4.78, 5) is 16.4. The molecule has 0 aromatic carbocycles. The van der Waals surface area contributed by atoms with Crippen LogP contribution >= 0.6 is 11.3 Å². The molecule has 0 spiro atoms. The number of rotatable bonds is 6. The molecule has 0 radical (unpaired) electrons. The van der Waals surface area contributed by atoms with Crippen molar-refractivity contribution in [2.75, 3.05) is 6.61 Å². The van der Waals surface area contributed by atoms with E-state index in [2.05, 4.69) is 4.98 Å². The van der Waals surface area contributed by atoms with Crippen molar-refractivity contribution in [1.82, 2.24) is 15.0 Å². The fourth-order valence-corrected chi connectivity index (χ4v) is 6.22. The van der Waals surface area contributed by atoms with Gasteiger partial charge in [-0.2, -0.15) is 4.98 Å². The molecule has 30 heavy (non-hydrogen) atoms. The Morgan fingerprint density at radius 3 is 2.67 bits per heavy atom. The van der Waals surface area contributed by atoms with E-state index in [0.29, 0.717) is 18.3 Å². The molecule has 3 heterocycles. The number of ether oxygens (including phenoxy) is 1. The highest BCUT2D eigenvalue weighted by molar-refractivity contribution is 7.18. The van der Waals surface area contributed by atoms with Crippen LogP contribution in [0.1, 0.15) is 61.8 Å². The fourth-order valence-electron chi connectivity index (χ4n) is 4.96. The van der Waals surface area contributed by atoms with Gasteiger partial charge in [-0.1, -0.05) is 32.1 Å². The summed E-state index contributed by atoms with van der Waals surface area (Å²) >= 11 is 1.81. The third-order valence-electron chi connectivity index (χ3n) is 6.51. The van der Waals surface area contributed by atoms with Crippen LogP contribution in [0.15, 0.2) is 24.5 Å². The van der Waals surface area contributed by atoms with Crippen LogP contribution in [0.3, 0.4) is 0 Å². The van der Waals surface area contributed by atoms with E-state index in [0.717, 1.165) is 41.0 Å². The SMILES string of the molecule is NC(COc1nc(-c2ccncc2)nc2sc3c(c12)CCCC3)CC1CCCCC1. The summed E-state index contributed by atoms with van der Waals surface area (Å²) in [6.45, 7) is 0.517. The van der Waals surface area contributed by atoms with Crippen molar-refractivity contribution in [2.24, 2.45) is 11.7 Å². The summed E-state index contributed by atoms with van der Waals surface area (Å²) in [6, 6.07) is 3.96. The molecule has 0 aliphatic heterocycles. The van der Waals surface area contributed by atoms with Crippen LogP contribution in [0.4, 0.5) is 0 Å². The lowest BCUT2D eigenvalue weighted by atomic mass is 9.85. The molecule has 3 aromatic heterocycles. The second-order valence-electron chi connectivity index (χ2n) is 8.79. The minimum absolute atomic E-state index is 0.0527. The molecular formula is C24H30N4OS. The fraction of sp³-hybridized carbons (Fsp3) is 0.542. The Kier molecular flexibility index (Phi) is 5.95. The van der Waals surface area contributed by atoms with Crippen LogP contribution < -0.4 is 10.5 Å². The van der Waals surface area contributed by atoms with Crippen molar-refractivity contribution in [3.8, 4) is 17.3 Å². The van der Waals surface area contributed by atoms with Gasteiger partial charge in [-0.25, -0.2) is 4.98 Å². The third kappa shape index (κ3) is 4.21. The summed E-state index contributed by atoms with van der Waals surface area (Å²) in [5.74, 6) is 2.17. The monoisotopic (exact) mass is 422 g/mol. The van der Waals surface area contributed by atoms with E-state index >= 15 is 0 Å². The second-order valence-corrected chi connectivity index (χ2v) is 9.87. The minimum atomic E-state index is 0.0527. The molecule has 5 rings (SSSR count). The van der Waals surface area contributed by atoms with Crippen molar-refractivity contribution in [3.63, 3.8) is 0 Å². The quantitative estimate of drug-likeness (QED) is 0.583. The number of aryl methyl sites for hydroxylation is 2. The molecule has 2 N–H and O–H groups in total. The van der Waals surface area contributed by atoms with Crippen molar-refractivity contribution >= 4 is 21.6 Å². The predicted molar refractivity (Wildman–Crippen MR) is 122 cm³/mol. The Morgan fingerprint density at radius 1 is 1.03 bits per heavy atom. The second kappa shape index (κ2) is 8.98. The number of hydrogen-bond acceptors (Lipinski definition) is 6. The Morgan fingerprint density at radius 2 is 1.83 bits per heavy atom. The van der Waals surface area contributed by atoms with Gasteiger partial charge in [0.25, 0.3) is 0 Å². The Bertz CT molecular complexity index is 997. The maximum atomic E-state index is 6.48. The Balaban J connectivity index is 1.43. The van der Waals surface area contributed by atoms with E-state index in [4.69, 9.17) is 20.4 Å². The normalized spacial score (nSPS) is 18.3. The summed E-state index contributed by atoms with van der Waals surface area (Å²) in [7, 11) is 0. The first-order valence-electron chi connectivity index (χ1n) is 11.4. The van der Waals surface area contributed by atoms with Gasteiger partial charge in [0.05, 0.1) is 5.39 Å². The van der Waals surface area contributed by atoms with E-state index in [-0.39, 0.29) is 6.04 Å². The van der Waals surface area contributed by atoms with Crippen LogP contribution in [0, 0.1) is 5.92 Å². The molecule has 3 aromatic rings. The number of nitrogens with zero attached hydrogens (tertiary/aromatic N) is 3. The smallest absolute Gasteiger partial charge is 0.226 e. The molecule has 2 aliphatic rings. The van der Waals surface area contributed by atoms with Gasteiger partial charge in [-0.3, -0.25) is 4.98 Å². The van der Waals surface area contributed by atoms with E-state index in [1.165, 1.54) is 55.4 Å². The van der Waals surface area contributed by atoms with Gasteiger partial charge in [-0.15, -0.1) is 11.3 Å². The van der Waals surface area contributed by atoms with Crippen molar-refractivity contribution in [1.29, 1.82) is 0 Å². The highest BCUT2D eigenvalue weighted by Gasteiger charge is 2.23. The third-order valence-corrected chi connectivity index (χ3v) is 7.70. The van der Waals surface area contributed by atoms with Gasteiger partial charge in [0.15, 0.2) is 5.82 Å². The first-order valence-corrected chi connectivity index (χ1v) is 12.2. The molecule has 2 aliphatic carbocycles. The standard InChI is InChI=1S/C24H30N4OS/c25-18(14-16-6-2-1-3-7-16)15-29-23-21-19-8-4-5-9-20(19)30-24(21)28-22(27-23)17-10-12-26-13-11-17/h10-13,16,18H,1-9,14-15,25H2. The predicted octanol–water partition coefficient (Wildman–Crippen LogP) is 5.31. The topological polar surface area (TPSA) is 73.9 Å². The van der Waals surface area contributed by atoms with Crippen molar-refractivity contribution in [3.05, 3.63) is 35.0 Å². The molecular weight excluding hydrogens is 392 g/mol. The zero-order valence-corrected chi connectivity index (χ0v) is 18.3. The van der Waals surface area contributed by atoms with Crippen LogP contribution in [0.25, 0.3) is 21.6 Å². The molecule has 158 valence electrons. The molecule has 1 fully saturated rings. The van der Waals surface area contributed by atoms with Crippen LogP contribution in [-0.4, -0.2) is 27.6 Å². The van der Waals surface area contributed by atoms with Gasteiger partial charge in [-0.05, 0) is 55.7 Å². The summed E-state index contributed by atoms with van der Waals surface area (Å²) in [5, 5.41) is 1.12. The lowest BCUT2D eigenvalue weighted by molar-refractivity contribution is 0.240. The molecule has 1 atom stereocenters. The summed E-state index contributed by atoms with van der Waals surface area (Å²) in [6.07, 6.45) is 16.0. The maximum absolute atomic E-state index is 6.48. The number of aromatic nitrogens is 3. The van der Waals surface area contributed by atoms with Gasteiger partial charge in [0.1, 0.15) is 11.4 Å². The van der Waals surface area contributed by atoms with Crippen molar-refractivity contribution < 1.29 is 4.74 Å². The van der Waals surface area contributed by atoms with E-state index < -0.39 is 0 Å². The lowest BCUT2D eigenvalue weighted by Gasteiger charge is -2.24. The van der Waals surface area contributed by atoms with Gasteiger partial charge >= 0.3 is 0 Å². The Labute approximate surface area is 182 Å². The molecule has 0 bridgehead atoms. The van der Waals surface area contributed by atoms with E-state index in [9.17, 15) is 0 Å². The van der Waals surface area contributed by atoms with E-state index in [1.807, 2.05) is 23.5 Å². The molecule has 6 heteroatoms. The van der Waals surface area contributed by atoms with Gasteiger partial charge < -0.3 is 10.5 Å². The first-order chi connectivity index (χ1) is 14.8. The minimum Gasteiger partial charge on any atom is -0.475 e. The summed E-state index contributed by atoms with van der Waals surface area (Å²) in [5.41, 5.74) is 8.85. The lowest BCUT2D eigenvalue weighted by Crippen LogP contribution is -2.31. The zero-order chi connectivity index (χ0) is 20.3. The average Bonchev–Trinajstić information content (AvgIpc) is 3.17. The highest BCUT2D eigenvalue weighted by atomic mass is 32.1. The van der Waals surface area contributed by atoms with Crippen LogP contribution in [0.2, 0.25) is 0 Å². The first kappa shape index (κ1) is 19.9. The van der Waals surface area contributed by atoms with Gasteiger partial charge in [0.2, 0.25) is 5.88 Å². The molecule has 5 nitrogen and oxygen atoms in total. The number of nitrogens with two attached hydrogens (primary N) is 1. The zero-order valence-electron chi connectivity index (χ0n) is 17.5. The molecule has 1 saturated carbocycles. The Hall–Kier alpha value is -2.05. The number of hydrogen-bond donors (Lipinski definition) is 1. The van der Waals surface area contributed by atoms with Gasteiger partial charge in [0, 0.05) is 28.9 Å². The summed E-state index contributed by atoms with van der Waals surface area (Å²) < 4.78 is 6.32.